The summed E-state index contributed by atoms with van der Waals surface area (Å²) in [4.78, 5) is 14.1. The molecule has 5 nitrogen and oxygen atoms in total. The van der Waals surface area contributed by atoms with E-state index in [1.54, 1.807) is 12.1 Å². The van der Waals surface area contributed by atoms with E-state index in [4.69, 9.17) is 23.2 Å². The van der Waals surface area contributed by atoms with E-state index in [2.05, 4.69) is 5.32 Å². The Labute approximate surface area is 146 Å². The Morgan fingerprint density at radius 3 is 2.65 bits per heavy atom. The van der Waals surface area contributed by atoms with Gasteiger partial charge in [-0.2, -0.15) is 0 Å². The molecule has 0 aliphatic carbocycles. The number of likely N-dealkylation sites (N-methyl/N-ethyl adjacent to an activating group) is 1. The molecule has 1 heterocycles. The molecule has 1 aliphatic rings. The molecule has 2 rings (SSSR count). The molecule has 0 bridgehead atoms. The van der Waals surface area contributed by atoms with Crippen LogP contribution in [-0.2, 0) is 21.2 Å². The number of nitrogens with one attached hydrogen (secondary N) is 1. The van der Waals surface area contributed by atoms with Crippen molar-refractivity contribution in [2.45, 2.75) is 25.9 Å². The molecular formula is C15H20Cl2N2O3S. The SMILES string of the molecule is CCN(CC(=O)NC1CCS(=O)(=O)C1)Cc1ccc(Cl)c(Cl)c1. The highest BCUT2D eigenvalue weighted by molar-refractivity contribution is 7.91. The Hall–Kier alpha value is -0.820. The van der Waals surface area contributed by atoms with Crippen LogP contribution in [0.1, 0.15) is 18.9 Å². The van der Waals surface area contributed by atoms with Gasteiger partial charge in [-0.3, -0.25) is 9.69 Å². The first kappa shape index (κ1) is 18.5. The summed E-state index contributed by atoms with van der Waals surface area (Å²) in [6.07, 6.45) is 0.493. The number of nitrogens with zero attached hydrogens (tertiary/aromatic N) is 1. The lowest BCUT2D eigenvalue weighted by atomic mass is 10.2. The molecule has 1 N–H and O–H groups in total. The molecule has 128 valence electrons. The first-order valence-electron chi connectivity index (χ1n) is 7.45. The fourth-order valence-electron chi connectivity index (χ4n) is 2.56. The molecular weight excluding hydrogens is 359 g/mol. The number of carbonyl (C=O) groups is 1. The summed E-state index contributed by atoms with van der Waals surface area (Å²) in [6.45, 7) is 3.44. The summed E-state index contributed by atoms with van der Waals surface area (Å²) in [7, 11) is -2.99. The van der Waals surface area contributed by atoms with Crippen LogP contribution in [0.25, 0.3) is 0 Å². The Morgan fingerprint density at radius 1 is 1.35 bits per heavy atom. The van der Waals surface area contributed by atoms with Crippen LogP contribution in [0, 0.1) is 0 Å². The molecule has 1 unspecified atom stereocenters. The quantitative estimate of drug-likeness (QED) is 0.822. The lowest BCUT2D eigenvalue weighted by Crippen LogP contribution is -2.42. The summed E-state index contributed by atoms with van der Waals surface area (Å²) in [5, 5.41) is 3.78. The highest BCUT2D eigenvalue weighted by Gasteiger charge is 2.29. The van der Waals surface area contributed by atoms with E-state index in [-0.39, 0.29) is 30.0 Å². The van der Waals surface area contributed by atoms with Crippen molar-refractivity contribution in [2.24, 2.45) is 0 Å². The Balaban J connectivity index is 1.88. The Kier molecular flexibility index (Phi) is 6.31. The van der Waals surface area contributed by atoms with Gasteiger partial charge in [0, 0.05) is 12.6 Å². The van der Waals surface area contributed by atoms with Crippen molar-refractivity contribution < 1.29 is 13.2 Å². The van der Waals surface area contributed by atoms with Gasteiger partial charge in [-0.05, 0) is 30.7 Å². The van der Waals surface area contributed by atoms with Crippen molar-refractivity contribution in [3.05, 3.63) is 33.8 Å². The maximum Gasteiger partial charge on any atom is 0.234 e. The van der Waals surface area contributed by atoms with Crippen LogP contribution in [0.3, 0.4) is 0 Å². The normalized spacial score (nSPS) is 19.9. The highest BCUT2D eigenvalue weighted by atomic mass is 35.5. The second kappa shape index (κ2) is 7.83. The van der Waals surface area contributed by atoms with Crippen molar-refractivity contribution in [3.63, 3.8) is 0 Å². The molecule has 1 saturated heterocycles. The molecule has 1 aromatic rings. The zero-order valence-electron chi connectivity index (χ0n) is 12.9. The number of halogens is 2. The van der Waals surface area contributed by atoms with E-state index in [9.17, 15) is 13.2 Å². The van der Waals surface area contributed by atoms with Gasteiger partial charge in [0.05, 0.1) is 28.1 Å². The molecule has 23 heavy (non-hydrogen) atoms. The maximum absolute atomic E-state index is 12.1. The third-order valence-electron chi connectivity index (χ3n) is 3.80. The smallest absolute Gasteiger partial charge is 0.234 e. The second-order valence-electron chi connectivity index (χ2n) is 5.72. The molecule has 1 fully saturated rings. The van der Waals surface area contributed by atoms with Gasteiger partial charge < -0.3 is 5.32 Å². The minimum Gasteiger partial charge on any atom is -0.351 e. The average molecular weight is 379 g/mol. The summed E-state index contributed by atoms with van der Waals surface area (Å²) >= 11 is 11.9. The van der Waals surface area contributed by atoms with Gasteiger partial charge in [-0.15, -0.1) is 0 Å². The number of rotatable bonds is 6. The number of carbonyl (C=O) groups excluding carboxylic acids is 1. The second-order valence-corrected chi connectivity index (χ2v) is 8.76. The van der Waals surface area contributed by atoms with Crippen molar-refractivity contribution >= 4 is 38.9 Å². The van der Waals surface area contributed by atoms with Crippen LogP contribution in [0.15, 0.2) is 18.2 Å². The first-order chi connectivity index (χ1) is 10.8. The molecule has 0 radical (unpaired) electrons. The molecule has 1 atom stereocenters. The van der Waals surface area contributed by atoms with E-state index in [1.165, 1.54) is 0 Å². The number of benzene rings is 1. The van der Waals surface area contributed by atoms with Gasteiger partial charge in [0.2, 0.25) is 5.91 Å². The minimum absolute atomic E-state index is 0.0393. The maximum atomic E-state index is 12.1. The predicted octanol–water partition coefficient (Wildman–Crippen LogP) is 2.12. The molecule has 0 spiro atoms. The van der Waals surface area contributed by atoms with E-state index in [1.807, 2.05) is 17.9 Å². The number of hydrogen-bond donors (Lipinski definition) is 1. The molecule has 0 aromatic heterocycles. The van der Waals surface area contributed by atoms with Gasteiger partial charge in [0.15, 0.2) is 9.84 Å². The largest absolute Gasteiger partial charge is 0.351 e. The summed E-state index contributed by atoms with van der Waals surface area (Å²) in [6, 6.07) is 5.12. The van der Waals surface area contributed by atoms with E-state index in [0.29, 0.717) is 29.6 Å². The van der Waals surface area contributed by atoms with Gasteiger partial charge in [-0.1, -0.05) is 36.2 Å². The van der Waals surface area contributed by atoms with Crippen LogP contribution in [-0.4, -0.2) is 49.9 Å². The van der Waals surface area contributed by atoms with E-state index in [0.717, 1.165) is 5.56 Å². The summed E-state index contributed by atoms with van der Waals surface area (Å²) in [5.41, 5.74) is 0.970. The topological polar surface area (TPSA) is 66.5 Å². The number of sulfone groups is 1. The predicted molar refractivity (Wildman–Crippen MR) is 92.6 cm³/mol. The van der Waals surface area contributed by atoms with Gasteiger partial charge in [0.25, 0.3) is 0 Å². The standard InChI is InChI=1S/C15H20Cl2N2O3S/c1-2-19(8-11-3-4-13(16)14(17)7-11)9-15(20)18-12-5-6-23(21,22)10-12/h3-4,7,12H,2,5-6,8-10H2,1H3,(H,18,20). The monoisotopic (exact) mass is 378 g/mol. The van der Waals surface area contributed by atoms with Crippen LogP contribution in [0.5, 0.6) is 0 Å². The van der Waals surface area contributed by atoms with Crippen LogP contribution in [0.2, 0.25) is 10.0 Å². The zero-order valence-corrected chi connectivity index (χ0v) is 15.2. The summed E-state index contributed by atoms with van der Waals surface area (Å²) < 4.78 is 22.8. The van der Waals surface area contributed by atoms with E-state index < -0.39 is 9.84 Å². The zero-order chi connectivity index (χ0) is 17.0. The average Bonchev–Trinajstić information content (AvgIpc) is 2.81. The van der Waals surface area contributed by atoms with Gasteiger partial charge in [0.1, 0.15) is 0 Å². The van der Waals surface area contributed by atoms with Crippen LogP contribution >= 0.6 is 23.2 Å². The highest BCUT2D eigenvalue weighted by Crippen LogP contribution is 2.23. The third kappa shape index (κ3) is 5.64. The summed E-state index contributed by atoms with van der Waals surface area (Å²) in [5.74, 6) is 0.0325. The van der Waals surface area contributed by atoms with Gasteiger partial charge >= 0.3 is 0 Å². The van der Waals surface area contributed by atoms with Crippen molar-refractivity contribution in [3.8, 4) is 0 Å². The number of hydrogen-bond acceptors (Lipinski definition) is 4. The molecule has 8 heteroatoms. The lowest BCUT2D eigenvalue weighted by Gasteiger charge is -2.21. The minimum atomic E-state index is -2.99. The van der Waals surface area contributed by atoms with Crippen molar-refractivity contribution in [1.82, 2.24) is 10.2 Å². The Bertz CT molecular complexity index is 679. The molecule has 1 aromatic carbocycles. The van der Waals surface area contributed by atoms with E-state index >= 15 is 0 Å². The third-order valence-corrected chi connectivity index (χ3v) is 6.31. The lowest BCUT2D eigenvalue weighted by molar-refractivity contribution is -0.122. The fraction of sp³-hybridized carbons (Fsp3) is 0.533. The van der Waals surface area contributed by atoms with Crippen LogP contribution in [0.4, 0.5) is 0 Å². The van der Waals surface area contributed by atoms with Crippen molar-refractivity contribution in [2.75, 3.05) is 24.6 Å². The van der Waals surface area contributed by atoms with Gasteiger partial charge in [-0.25, -0.2) is 8.42 Å². The number of amides is 1. The fourth-order valence-corrected chi connectivity index (χ4v) is 4.55. The molecule has 1 aliphatic heterocycles. The van der Waals surface area contributed by atoms with Crippen molar-refractivity contribution in [1.29, 1.82) is 0 Å². The Morgan fingerprint density at radius 2 is 2.09 bits per heavy atom. The molecule has 1 amide bonds. The molecule has 0 saturated carbocycles. The van der Waals surface area contributed by atoms with Crippen LogP contribution < -0.4 is 5.32 Å². The first-order valence-corrected chi connectivity index (χ1v) is 10.0.